The van der Waals surface area contributed by atoms with Crippen molar-refractivity contribution in [2.75, 3.05) is 0 Å². The minimum atomic E-state index is -2.07. The van der Waals surface area contributed by atoms with Gasteiger partial charge in [-0.05, 0) is 16.7 Å². The Hall–Kier alpha value is -3.89. The van der Waals surface area contributed by atoms with E-state index in [2.05, 4.69) is 145 Å². The number of aromatic nitrogens is 2. The van der Waals surface area contributed by atoms with E-state index in [9.17, 15) is 0 Å². The SMILES string of the molecule is [B](C(=Cc1ccccc1)c1ccccc1)c1nccn1C[Si](c1ccccc1)(c1ccccc1)C1CC1. The number of rotatable bonds is 9. The van der Waals surface area contributed by atoms with Crippen LogP contribution in [0.15, 0.2) is 134 Å². The molecule has 1 saturated carbocycles. The smallest absolute Gasteiger partial charge is 0.241 e. The van der Waals surface area contributed by atoms with Crippen LogP contribution in [0.2, 0.25) is 5.54 Å². The molecule has 1 aromatic heterocycles. The molecule has 2 nitrogen and oxygen atoms in total. The van der Waals surface area contributed by atoms with Gasteiger partial charge in [-0.25, -0.2) is 0 Å². The number of nitrogens with zero attached hydrogens (tertiary/aromatic N) is 2. The van der Waals surface area contributed by atoms with Crippen LogP contribution in [0, 0.1) is 0 Å². The Morgan fingerprint density at radius 3 is 1.86 bits per heavy atom. The molecule has 4 heteroatoms. The van der Waals surface area contributed by atoms with Crippen LogP contribution in [0.3, 0.4) is 0 Å². The van der Waals surface area contributed by atoms with Gasteiger partial charge in [-0.15, -0.1) is 0 Å². The molecule has 1 aliphatic rings. The van der Waals surface area contributed by atoms with Gasteiger partial charge in [0.25, 0.3) is 0 Å². The first-order valence-electron chi connectivity index (χ1n) is 13.1. The number of hydrogen-bond acceptors (Lipinski definition) is 1. The van der Waals surface area contributed by atoms with Crippen molar-refractivity contribution in [3.8, 4) is 0 Å². The van der Waals surface area contributed by atoms with Crippen molar-refractivity contribution < 1.29 is 0 Å². The van der Waals surface area contributed by atoms with E-state index in [0.717, 1.165) is 22.9 Å². The van der Waals surface area contributed by atoms with Gasteiger partial charge in [0.1, 0.15) is 8.07 Å². The second kappa shape index (κ2) is 10.6. The standard InChI is InChI=1S/C33H30BN2Si/c1-5-13-27(14-6-1)25-32(28-15-7-2-8-16-28)34-33-35-23-24-36(33)26-37(31-21-22-31,29-17-9-3-10-18-29)30-19-11-4-12-20-30/h1-20,23-25,31H,21-22,26H2. The molecule has 0 amide bonds. The Morgan fingerprint density at radius 2 is 1.30 bits per heavy atom. The second-order valence-electron chi connectivity index (χ2n) is 9.91. The monoisotopic (exact) mass is 493 g/mol. The molecule has 1 aliphatic carbocycles. The highest BCUT2D eigenvalue weighted by atomic mass is 28.3. The summed E-state index contributed by atoms with van der Waals surface area (Å²) in [6.45, 7) is 0. The molecule has 0 atom stereocenters. The summed E-state index contributed by atoms with van der Waals surface area (Å²) in [4.78, 5) is 4.86. The summed E-state index contributed by atoms with van der Waals surface area (Å²) >= 11 is 0. The third-order valence-corrected chi connectivity index (χ3v) is 13.1. The van der Waals surface area contributed by atoms with E-state index >= 15 is 0 Å². The van der Waals surface area contributed by atoms with Crippen LogP contribution in [0.25, 0.3) is 11.5 Å². The summed E-state index contributed by atoms with van der Waals surface area (Å²) in [5.74, 6) is 0. The zero-order valence-corrected chi connectivity index (χ0v) is 21.9. The molecule has 1 fully saturated rings. The Balaban J connectivity index is 1.41. The maximum Gasteiger partial charge on any atom is 0.241 e. The molecular weight excluding hydrogens is 463 g/mol. The normalized spacial score (nSPS) is 13.9. The molecule has 0 spiro atoms. The van der Waals surface area contributed by atoms with Crippen molar-refractivity contribution in [3.63, 3.8) is 0 Å². The molecule has 37 heavy (non-hydrogen) atoms. The van der Waals surface area contributed by atoms with E-state index < -0.39 is 8.07 Å². The molecule has 1 radical (unpaired) electrons. The number of imidazole rings is 1. The molecule has 0 N–H and O–H groups in total. The first-order valence-corrected chi connectivity index (χ1v) is 15.4. The van der Waals surface area contributed by atoms with E-state index in [0.29, 0.717) is 0 Å². The molecule has 0 unspecified atom stereocenters. The zero-order valence-electron chi connectivity index (χ0n) is 20.9. The van der Waals surface area contributed by atoms with Crippen LogP contribution >= 0.6 is 0 Å². The lowest BCUT2D eigenvalue weighted by molar-refractivity contribution is 0.879. The van der Waals surface area contributed by atoms with Gasteiger partial charge in [0.2, 0.25) is 7.28 Å². The van der Waals surface area contributed by atoms with E-state index in [-0.39, 0.29) is 0 Å². The lowest BCUT2D eigenvalue weighted by Crippen LogP contribution is -2.63. The maximum absolute atomic E-state index is 4.86. The fourth-order valence-corrected chi connectivity index (χ4v) is 11.0. The second-order valence-corrected chi connectivity index (χ2v) is 14.1. The van der Waals surface area contributed by atoms with Gasteiger partial charge in [0, 0.05) is 18.6 Å². The van der Waals surface area contributed by atoms with Crippen molar-refractivity contribution >= 4 is 43.0 Å². The lowest BCUT2D eigenvalue weighted by atomic mass is 9.65. The van der Waals surface area contributed by atoms with Gasteiger partial charge in [0.05, 0.1) is 5.72 Å². The predicted octanol–water partition coefficient (Wildman–Crippen LogP) is 5.38. The molecule has 1 heterocycles. The van der Waals surface area contributed by atoms with Crippen molar-refractivity contribution in [1.29, 1.82) is 0 Å². The first kappa shape index (κ1) is 23.5. The van der Waals surface area contributed by atoms with Gasteiger partial charge in [0.15, 0.2) is 0 Å². The van der Waals surface area contributed by atoms with E-state index in [4.69, 9.17) is 4.98 Å². The number of benzene rings is 4. The van der Waals surface area contributed by atoms with Gasteiger partial charge in [-0.3, -0.25) is 4.98 Å². The van der Waals surface area contributed by atoms with Crippen LogP contribution in [-0.2, 0) is 6.17 Å². The van der Waals surface area contributed by atoms with Crippen molar-refractivity contribution in [1.82, 2.24) is 9.55 Å². The summed E-state index contributed by atoms with van der Waals surface area (Å²) in [7, 11) is 0.183. The summed E-state index contributed by atoms with van der Waals surface area (Å²) in [6.07, 6.45) is 10.0. The van der Waals surface area contributed by atoms with Gasteiger partial charge < -0.3 is 4.57 Å². The fourth-order valence-electron chi connectivity index (χ4n) is 5.57. The first-order chi connectivity index (χ1) is 18.3. The highest BCUT2D eigenvalue weighted by Crippen LogP contribution is 2.45. The summed E-state index contributed by atoms with van der Waals surface area (Å²) in [5, 5.41) is 3.04. The molecule has 4 aromatic carbocycles. The molecule has 179 valence electrons. The summed E-state index contributed by atoms with van der Waals surface area (Å²) < 4.78 is 2.41. The minimum absolute atomic E-state index is 0.751. The molecule has 0 aliphatic heterocycles. The Labute approximate surface area is 221 Å². The Morgan fingerprint density at radius 1 is 0.757 bits per heavy atom. The quantitative estimate of drug-likeness (QED) is 0.199. The summed E-state index contributed by atoms with van der Waals surface area (Å²) in [6, 6.07) is 43.7. The average molecular weight is 494 g/mol. The van der Waals surface area contributed by atoms with Gasteiger partial charge in [-0.1, -0.05) is 156 Å². The largest absolute Gasteiger partial charge is 0.345 e. The minimum Gasteiger partial charge on any atom is -0.345 e. The van der Waals surface area contributed by atoms with Crippen LogP contribution < -0.4 is 16.1 Å². The average Bonchev–Trinajstić information content (AvgIpc) is 3.74. The van der Waals surface area contributed by atoms with Crippen molar-refractivity contribution in [2.24, 2.45) is 0 Å². The van der Waals surface area contributed by atoms with Gasteiger partial charge in [-0.2, -0.15) is 0 Å². The highest BCUT2D eigenvalue weighted by Gasteiger charge is 2.50. The maximum atomic E-state index is 4.86. The topological polar surface area (TPSA) is 17.8 Å². The van der Waals surface area contributed by atoms with Crippen LogP contribution in [0.1, 0.15) is 24.0 Å². The van der Waals surface area contributed by atoms with E-state index in [1.54, 1.807) is 0 Å². The van der Waals surface area contributed by atoms with Crippen molar-refractivity contribution in [3.05, 3.63) is 145 Å². The third-order valence-electron chi connectivity index (χ3n) is 7.53. The van der Waals surface area contributed by atoms with E-state index in [1.165, 1.54) is 34.3 Å². The third kappa shape index (κ3) is 5.03. The van der Waals surface area contributed by atoms with Crippen molar-refractivity contribution in [2.45, 2.75) is 24.6 Å². The lowest BCUT2D eigenvalue weighted by Gasteiger charge is -2.34. The van der Waals surface area contributed by atoms with Crippen LogP contribution in [0.4, 0.5) is 0 Å². The van der Waals surface area contributed by atoms with Crippen LogP contribution in [-0.4, -0.2) is 24.9 Å². The molecule has 5 aromatic rings. The van der Waals surface area contributed by atoms with Gasteiger partial charge >= 0.3 is 0 Å². The highest BCUT2D eigenvalue weighted by molar-refractivity contribution is 7.03. The molecule has 0 saturated heterocycles. The predicted molar refractivity (Wildman–Crippen MR) is 159 cm³/mol. The Bertz CT molecular complexity index is 1420. The van der Waals surface area contributed by atoms with E-state index in [1.807, 2.05) is 6.20 Å². The fraction of sp³-hybridized carbons (Fsp3) is 0.121. The molecule has 0 bridgehead atoms. The summed E-state index contributed by atoms with van der Waals surface area (Å²) in [5.41, 5.74) is 5.30. The molecule has 6 rings (SSSR count). The molecular formula is C33H30BN2Si. The Kier molecular flexibility index (Phi) is 6.74. The van der Waals surface area contributed by atoms with Crippen LogP contribution in [0.5, 0.6) is 0 Å². The zero-order chi connectivity index (χ0) is 24.9. The number of hydrogen-bond donors (Lipinski definition) is 0.